The maximum atomic E-state index is 8.94. The number of pyridine rings is 2. The highest BCUT2D eigenvalue weighted by atomic mass is 15.0. The summed E-state index contributed by atoms with van der Waals surface area (Å²) in [7, 11) is 0. The molecule has 0 aromatic carbocycles. The van der Waals surface area contributed by atoms with Gasteiger partial charge in [-0.2, -0.15) is 10.5 Å². The Bertz CT molecular complexity index is 608. The van der Waals surface area contributed by atoms with Crippen LogP contribution in [0.2, 0.25) is 0 Å². The molecule has 20 heavy (non-hydrogen) atoms. The third-order valence-electron chi connectivity index (χ3n) is 2.60. The van der Waals surface area contributed by atoms with Crippen molar-refractivity contribution in [2.24, 2.45) is 0 Å². The maximum Gasteiger partial charge on any atom is 0.143 e. The molecule has 0 amide bonds. The average Bonchev–Trinajstić information content (AvgIpc) is 2.52. The molecule has 0 aliphatic rings. The molecule has 0 saturated carbocycles. The predicted octanol–water partition coefficient (Wildman–Crippen LogP) is 1.74. The van der Waals surface area contributed by atoms with Crippen LogP contribution in [0.25, 0.3) is 0 Å². The van der Waals surface area contributed by atoms with Gasteiger partial charge in [-0.25, -0.2) is 4.98 Å². The van der Waals surface area contributed by atoms with Crippen molar-refractivity contribution in [3.8, 4) is 12.1 Å². The zero-order valence-corrected chi connectivity index (χ0v) is 10.7. The van der Waals surface area contributed by atoms with Crippen LogP contribution in [0.5, 0.6) is 0 Å². The first-order valence-electron chi connectivity index (χ1n) is 6.02. The van der Waals surface area contributed by atoms with Crippen LogP contribution in [-0.2, 0) is 0 Å². The van der Waals surface area contributed by atoms with E-state index in [1.54, 1.807) is 36.8 Å². The Morgan fingerprint density at radius 3 is 2.60 bits per heavy atom. The quantitative estimate of drug-likeness (QED) is 0.798. The fourth-order valence-electron chi connectivity index (χ4n) is 1.65. The predicted molar refractivity (Wildman–Crippen MR) is 74.9 cm³/mol. The number of nitrogens with zero attached hydrogens (tertiary/aromatic N) is 4. The number of hydrogen-bond donors (Lipinski definition) is 2. The summed E-state index contributed by atoms with van der Waals surface area (Å²) in [6.07, 6.45) is 4.82. The molecule has 0 bridgehead atoms. The molecular weight excluding hydrogens is 252 g/mol. The Morgan fingerprint density at radius 2 is 1.80 bits per heavy atom. The van der Waals surface area contributed by atoms with Crippen LogP contribution in [0, 0.1) is 22.7 Å². The first-order chi connectivity index (χ1) is 9.85. The van der Waals surface area contributed by atoms with Crippen molar-refractivity contribution in [3.63, 3.8) is 0 Å². The number of rotatable bonds is 5. The van der Waals surface area contributed by atoms with Crippen LogP contribution in [-0.4, -0.2) is 23.1 Å². The molecule has 2 heterocycles. The van der Waals surface area contributed by atoms with Crippen LogP contribution in [0.4, 0.5) is 11.5 Å². The van der Waals surface area contributed by atoms with Crippen molar-refractivity contribution in [1.82, 2.24) is 9.97 Å². The molecule has 98 valence electrons. The van der Waals surface area contributed by atoms with Gasteiger partial charge in [-0.1, -0.05) is 0 Å². The number of anilines is 2. The second-order valence-corrected chi connectivity index (χ2v) is 3.90. The van der Waals surface area contributed by atoms with Crippen molar-refractivity contribution in [2.45, 2.75) is 0 Å². The molecule has 2 aromatic heterocycles. The molecule has 0 saturated heterocycles. The molecular formula is C14H12N6. The molecule has 2 rings (SSSR count). The summed E-state index contributed by atoms with van der Waals surface area (Å²) in [4.78, 5) is 8.07. The van der Waals surface area contributed by atoms with E-state index in [1.165, 1.54) is 0 Å². The van der Waals surface area contributed by atoms with Gasteiger partial charge in [-0.05, 0) is 18.2 Å². The van der Waals surface area contributed by atoms with Gasteiger partial charge >= 0.3 is 0 Å². The van der Waals surface area contributed by atoms with Crippen molar-refractivity contribution in [2.75, 3.05) is 23.7 Å². The molecule has 0 fully saturated rings. The second kappa shape index (κ2) is 6.72. The molecule has 0 spiro atoms. The summed E-state index contributed by atoms with van der Waals surface area (Å²) in [5.41, 5.74) is 1.75. The summed E-state index contributed by atoms with van der Waals surface area (Å²) >= 11 is 0. The Labute approximate surface area is 116 Å². The highest BCUT2D eigenvalue weighted by molar-refractivity contribution is 5.55. The van der Waals surface area contributed by atoms with E-state index in [1.807, 2.05) is 0 Å². The third kappa shape index (κ3) is 3.21. The molecule has 0 unspecified atom stereocenters. The van der Waals surface area contributed by atoms with Crippen LogP contribution in [0.3, 0.4) is 0 Å². The van der Waals surface area contributed by atoms with Gasteiger partial charge in [0.15, 0.2) is 0 Å². The molecule has 0 aliphatic heterocycles. The lowest BCUT2D eigenvalue weighted by atomic mass is 10.2. The summed E-state index contributed by atoms with van der Waals surface area (Å²) in [6, 6.07) is 9.25. The molecule has 0 radical (unpaired) electrons. The highest BCUT2D eigenvalue weighted by Gasteiger charge is 2.02. The molecule has 2 N–H and O–H groups in total. The molecule has 0 atom stereocenters. The van der Waals surface area contributed by atoms with Gasteiger partial charge < -0.3 is 10.6 Å². The van der Waals surface area contributed by atoms with E-state index in [4.69, 9.17) is 10.5 Å². The van der Waals surface area contributed by atoms with Crippen molar-refractivity contribution in [1.29, 1.82) is 10.5 Å². The Hall–Kier alpha value is -3.12. The smallest absolute Gasteiger partial charge is 0.143 e. The average molecular weight is 264 g/mol. The minimum Gasteiger partial charge on any atom is -0.381 e. The van der Waals surface area contributed by atoms with Crippen LogP contribution >= 0.6 is 0 Å². The Balaban J connectivity index is 1.88. The summed E-state index contributed by atoms with van der Waals surface area (Å²) in [5, 5.41) is 24.1. The fraction of sp³-hybridized carbons (Fsp3) is 0.143. The number of nitriles is 2. The number of nitrogens with one attached hydrogen (secondary N) is 2. The number of hydrogen-bond acceptors (Lipinski definition) is 6. The lowest BCUT2D eigenvalue weighted by Crippen LogP contribution is -2.15. The van der Waals surface area contributed by atoms with Gasteiger partial charge in [-0.3, -0.25) is 4.98 Å². The van der Waals surface area contributed by atoms with E-state index in [-0.39, 0.29) is 0 Å². The standard InChI is InChI=1S/C14H12N6/c15-8-11-3-5-17-10-13(11)18-6-7-20-14-12(9-16)2-1-4-19-14/h1-5,10,18H,6-7H2,(H,19,20). The van der Waals surface area contributed by atoms with Crippen molar-refractivity contribution < 1.29 is 0 Å². The van der Waals surface area contributed by atoms with E-state index >= 15 is 0 Å². The highest BCUT2D eigenvalue weighted by Crippen LogP contribution is 2.12. The van der Waals surface area contributed by atoms with E-state index < -0.39 is 0 Å². The maximum absolute atomic E-state index is 8.94. The number of aromatic nitrogens is 2. The third-order valence-corrected chi connectivity index (χ3v) is 2.60. The molecule has 6 heteroatoms. The zero-order valence-electron chi connectivity index (χ0n) is 10.7. The lowest BCUT2D eigenvalue weighted by molar-refractivity contribution is 1.05. The second-order valence-electron chi connectivity index (χ2n) is 3.90. The topological polar surface area (TPSA) is 97.4 Å². The summed E-state index contributed by atoms with van der Waals surface area (Å²) in [6.45, 7) is 1.16. The van der Waals surface area contributed by atoms with Crippen molar-refractivity contribution >= 4 is 11.5 Å². The Morgan fingerprint density at radius 1 is 1.00 bits per heavy atom. The molecule has 2 aromatic rings. The zero-order chi connectivity index (χ0) is 14.2. The summed E-state index contributed by atoms with van der Waals surface area (Å²) in [5.74, 6) is 0.559. The van der Waals surface area contributed by atoms with Gasteiger partial charge in [0.1, 0.15) is 18.0 Å². The van der Waals surface area contributed by atoms with Gasteiger partial charge in [0.05, 0.1) is 23.0 Å². The fourth-order valence-corrected chi connectivity index (χ4v) is 1.65. The van der Waals surface area contributed by atoms with Gasteiger partial charge in [-0.15, -0.1) is 0 Å². The summed E-state index contributed by atoms with van der Waals surface area (Å²) < 4.78 is 0. The largest absolute Gasteiger partial charge is 0.381 e. The molecule has 0 aliphatic carbocycles. The first-order valence-corrected chi connectivity index (χ1v) is 6.02. The van der Waals surface area contributed by atoms with Crippen molar-refractivity contribution in [3.05, 3.63) is 47.9 Å². The van der Waals surface area contributed by atoms with Crippen LogP contribution < -0.4 is 10.6 Å². The van der Waals surface area contributed by atoms with Crippen LogP contribution in [0.1, 0.15) is 11.1 Å². The van der Waals surface area contributed by atoms with E-state index in [0.717, 1.165) is 0 Å². The van der Waals surface area contributed by atoms with E-state index in [9.17, 15) is 0 Å². The van der Waals surface area contributed by atoms with Gasteiger partial charge in [0.2, 0.25) is 0 Å². The normalized spacial score (nSPS) is 9.30. The minimum absolute atomic E-state index is 0.506. The van der Waals surface area contributed by atoms with Gasteiger partial charge in [0.25, 0.3) is 0 Å². The van der Waals surface area contributed by atoms with E-state index in [2.05, 4.69) is 32.7 Å². The van der Waals surface area contributed by atoms with Crippen LogP contribution in [0.15, 0.2) is 36.8 Å². The SMILES string of the molecule is N#Cc1ccncc1NCCNc1ncccc1C#N. The first kappa shape index (κ1) is 13.3. The Kier molecular flexibility index (Phi) is 4.47. The van der Waals surface area contributed by atoms with Gasteiger partial charge in [0, 0.05) is 25.5 Å². The van der Waals surface area contributed by atoms with E-state index in [0.29, 0.717) is 35.7 Å². The lowest BCUT2D eigenvalue weighted by Gasteiger charge is -2.09. The minimum atomic E-state index is 0.506. The molecule has 6 nitrogen and oxygen atoms in total. The monoisotopic (exact) mass is 264 g/mol.